The number of methoxy groups -OCH3 is 1. The van der Waals surface area contributed by atoms with Crippen LogP contribution < -0.4 is 10.6 Å². The Morgan fingerprint density at radius 3 is 2.67 bits per heavy atom. The van der Waals surface area contributed by atoms with E-state index in [0.717, 1.165) is 38.0 Å². The summed E-state index contributed by atoms with van der Waals surface area (Å²) in [6.45, 7) is 8.83. The Morgan fingerprint density at radius 1 is 1.29 bits per heavy atom. The predicted octanol–water partition coefficient (Wildman–Crippen LogP) is 2.71. The Balaban J connectivity index is 0.00000288. The SMILES string of the molecule is CCN1CCCC(CNC(=NC)NCC2(CCOC)CCC2)C1.I. The van der Waals surface area contributed by atoms with Crippen molar-refractivity contribution in [2.45, 2.75) is 45.4 Å². The third-order valence-corrected chi connectivity index (χ3v) is 5.71. The molecular formula is C18H37IN4O. The highest BCUT2D eigenvalue weighted by molar-refractivity contribution is 14.0. The van der Waals surface area contributed by atoms with Crippen LogP contribution in [0.4, 0.5) is 0 Å². The van der Waals surface area contributed by atoms with Crippen LogP contribution in [0.3, 0.4) is 0 Å². The van der Waals surface area contributed by atoms with Crippen LogP contribution in [0.15, 0.2) is 4.99 Å². The minimum Gasteiger partial charge on any atom is -0.385 e. The first-order valence-corrected chi connectivity index (χ1v) is 9.37. The maximum absolute atomic E-state index is 5.28. The zero-order valence-electron chi connectivity index (χ0n) is 15.8. The number of hydrogen-bond acceptors (Lipinski definition) is 3. The molecule has 0 aromatic rings. The number of nitrogens with zero attached hydrogens (tertiary/aromatic N) is 2. The molecule has 2 N–H and O–H groups in total. The van der Waals surface area contributed by atoms with Gasteiger partial charge in [0.25, 0.3) is 0 Å². The van der Waals surface area contributed by atoms with E-state index in [4.69, 9.17) is 4.74 Å². The number of nitrogens with one attached hydrogen (secondary N) is 2. The van der Waals surface area contributed by atoms with Crippen LogP contribution in [0.1, 0.15) is 45.4 Å². The van der Waals surface area contributed by atoms with Crippen LogP contribution >= 0.6 is 24.0 Å². The highest BCUT2D eigenvalue weighted by atomic mass is 127. The number of piperidine rings is 1. The molecule has 1 heterocycles. The van der Waals surface area contributed by atoms with Crippen LogP contribution in [0.5, 0.6) is 0 Å². The van der Waals surface area contributed by atoms with E-state index in [-0.39, 0.29) is 24.0 Å². The first kappa shape index (κ1) is 22.0. The largest absolute Gasteiger partial charge is 0.385 e. The summed E-state index contributed by atoms with van der Waals surface area (Å²) in [7, 11) is 3.67. The van der Waals surface area contributed by atoms with Crippen LogP contribution in [0, 0.1) is 11.3 Å². The third-order valence-electron chi connectivity index (χ3n) is 5.71. The highest BCUT2D eigenvalue weighted by Gasteiger charge is 2.36. The monoisotopic (exact) mass is 452 g/mol. The third kappa shape index (κ3) is 6.67. The number of hydrogen-bond donors (Lipinski definition) is 2. The number of guanidine groups is 1. The molecule has 0 radical (unpaired) electrons. The first-order valence-electron chi connectivity index (χ1n) is 9.37. The number of rotatable bonds is 8. The van der Waals surface area contributed by atoms with Gasteiger partial charge in [-0.15, -0.1) is 24.0 Å². The van der Waals surface area contributed by atoms with Crippen LogP contribution in [-0.4, -0.2) is 64.3 Å². The van der Waals surface area contributed by atoms with Crippen molar-refractivity contribution in [2.24, 2.45) is 16.3 Å². The molecule has 1 unspecified atom stereocenters. The lowest BCUT2D eigenvalue weighted by molar-refractivity contribution is 0.0732. The molecular weight excluding hydrogens is 415 g/mol. The molecule has 1 saturated heterocycles. The molecule has 6 heteroatoms. The average molecular weight is 452 g/mol. The maximum atomic E-state index is 5.28. The van der Waals surface area contributed by atoms with E-state index in [0.29, 0.717) is 5.41 Å². The number of halogens is 1. The molecule has 142 valence electrons. The van der Waals surface area contributed by atoms with Crippen LogP contribution in [0.2, 0.25) is 0 Å². The van der Waals surface area contributed by atoms with Crippen molar-refractivity contribution < 1.29 is 4.74 Å². The summed E-state index contributed by atoms with van der Waals surface area (Å²) in [4.78, 5) is 6.96. The quantitative estimate of drug-likeness (QED) is 0.338. The molecule has 0 aromatic carbocycles. The van der Waals surface area contributed by atoms with Gasteiger partial charge in [-0.3, -0.25) is 4.99 Å². The number of aliphatic imine (C=N–C) groups is 1. The van der Waals surface area contributed by atoms with Gasteiger partial charge in [-0.1, -0.05) is 13.3 Å². The molecule has 0 amide bonds. The van der Waals surface area contributed by atoms with Gasteiger partial charge in [-0.2, -0.15) is 0 Å². The van der Waals surface area contributed by atoms with Crippen LogP contribution in [0.25, 0.3) is 0 Å². The van der Waals surface area contributed by atoms with Gasteiger partial charge >= 0.3 is 0 Å². The summed E-state index contributed by atoms with van der Waals surface area (Å²) < 4.78 is 5.28. The second kappa shape index (κ2) is 11.5. The Kier molecular flexibility index (Phi) is 10.5. The molecule has 0 aromatic heterocycles. The average Bonchev–Trinajstić information content (AvgIpc) is 2.56. The fraction of sp³-hybridized carbons (Fsp3) is 0.944. The highest BCUT2D eigenvalue weighted by Crippen LogP contribution is 2.43. The van der Waals surface area contributed by atoms with E-state index in [1.54, 1.807) is 7.11 Å². The van der Waals surface area contributed by atoms with Crippen molar-refractivity contribution in [1.29, 1.82) is 0 Å². The molecule has 1 aliphatic heterocycles. The van der Waals surface area contributed by atoms with Gasteiger partial charge in [-0.25, -0.2) is 0 Å². The molecule has 24 heavy (non-hydrogen) atoms. The lowest BCUT2D eigenvalue weighted by Gasteiger charge is -2.42. The molecule has 0 spiro atoms. The second-order valence-electron chi connectivity index (χ2n) is 7.30. The first-order chi connectivity index (χ1) is 11.2. The van der Waals surface area contributed by atoms with Crippen molar-refractivity contribution in [3.05, 3.63) is 0 Å². The fourth-order valence-electron chi connectivity index (χ4n) is 3.85. The van der Waals surface area contributed by atoms with Gasteiger partial charge in [-0.05, 0) is 56.5 Å². The molecule has 2 aliphatic rings. The topological polar surface area (TPSA) is 48.9 Å². The summed E-state index contributed by atoms with van der Waals surface area (Å²) in [5.74, 6) is 1.70. The molecule has 1 aliphatic carbocycles. The zero-order valence-corrected chi connectivity index (χ0v) is 18.1. The number of ether oxygens (including phenoxy) is 1. The van der Waals surface area contributed by atoms with Gasteiger partial charge in [0.1, 0.15) is 0 Å². The standard InChI is InChI=1S/C18H36N4O.HI/c1-4-22-11-5-7-16(14-22)13-20-17(19-2)21-15-18(8-6-9-18)10-12-23-3;/h16H,4-15H2,1-3H3,(H2,19,20,21);1H. The van der Waals surface area contributed by atoms with Crippen molar-refractivity contribution >= 4 is 29.9 Å². The van der Waals surface area contributed by atoms with Crippen LogP contribution in [-0.2, 0) is 4.74 Å². The van der Waals surface area contributed by atoms with E-state index in [1.165, 1.54) is 51.7 Å². The summed E-state index contributed by atoms with van der Waals surface area (Å²) in [5.41, 5.74) is 0.428. The van der Waals surface area contributed by atoms with E-state index in [1.807, 2.05) is 7.05 Å². The van der Waals surface area contributed by atoms with E-state index < -0.39 is 0 Å². The molecule has 2 rings (SSSR count). The normalized spacial score (nSPS) is 24.0. The van der Waals surface area contributed by atoms with Gasteiger partial charge in [0, 0.05) is 40.4 Å². The fourth-order valence-corrected chi connectivity index (χ4v) is 3.85. The summed E-state index contributed by atoms with van der Waals surface area (Å²) in [6.07, 6.45) is 7.79. The van der Waals surface area contributed by atoms with Gasteiger partial charge in [0.15, 0.2) is 5.96 Å². The summed E-state index contributed by atoms with van der Waals surface area (Å²) >= 11 is 0. The Morgan fingerprint density at radius 2 is 2.08 bits per heavy atom. The van der Waals surface area contributed by atoms with Gasteiger partial charge in [0.05, 0.1) is 0 Å². The minimum atomic E-state index is 0. The summed E-state index contributed by atoms with van der Waals surface area (Å²) in [6, 6.07) is 0. The van der Waals surface area contributed by atoms with Crippen molar-refractivity contribution in [3.63, 3.8) is 0 Å². The van der Waals surface area contributed by atoms with Crippen molar-refractivity contribution in [2.75, 3.05) is 53.5 Å². The Bertz CT molecular complexity index is 374. The summed E-state index contributed by atoms with van der Waals surface area (Å²) in [5, 5.41) is 7.10. The minimum absolute atomic E-state index is 0. The van der Waals surface area contributed by atoms with Gasteiger partial charge < -0.3 is 20.3 Å². The lowest BCUT2D eigenvalue weighted by Crippen LogP contribution is -2.48. The number of likely N-dealkylation sites (tertiary alicyclic amines) is 1. The van der Waals surface area contributed by atoms with E-state index in [9.17, 15) is 0 Å². The second-order valence-corrected chi connectivity index (χ2v) is 7.30. The van der Waals surface area contributed by atoms with E-state index >= 15 is 0 Å². The Labute approximate surface area is 165 Å². The molecule has 5 nitrogen and oxygen atoms in total. The predicted molar refractivity (Wildman–Crippen MR) is 112 cm³/mol. The van der Waals surface area contributed by atoms with Crippen molar-refractivity contribution in [3.8, 4) is 0 Å². The van der Waals surface area contributed by atoms with Crippen molar-refractivity contribution in [1.82, 2.24) is 15.5 Å². The zero-order chi connectivity index (χ0) is 16.5. The maximum Gasteiger partial charge on any atom is 0.191 e. The lowest BCUT2D eigenvalue weighted by atomic mass is 9.67. The Hall–Kier alpha value is -0.0800. The van der Waals surface area contributed by atoms with E-state index in [2.05, 4.69) is 27.4 Å². The molecule has 1 saturated carbocycles. The molecule has 0 bridgehead atoms. The molecule has 1 atom stereocenters. The van der Waals surface area contributed by atoms with Gasteiger partial charge in [0.2, 0.25) is 0 Å². The molecule has 2 fully saturated rings. The smallest absolute Gasteiger partial charge is 0.191 e.